The molecule has 1 N–H and O–H groups in total. The van der Waals surface area contributed by atoms with Crippen LogP contribution in [-0.2, 0) is 0 Å². The van der Waals surface area contributed by atoms with Crippen LogP contribution in [0.4, 0.5) is 0 Å². The van der Waals surface area contributed by atoms with Crippen LogP contribution in [0.1, 0.15) is 5.56 Å². The van der Waals surface area contributed by atoms with Gasteiger partial charge in [0, 0.05) is 0 Å². The third kappa shape index (κ3) is 2.23. The van der Waals surface area contributed by atoms with E-state index in [0.29, 0.717) is 10.0 Å². The third-order valence-corrected chi connectivity index (χ3v) is 3.86. The molecule has 0 aliphatic carbocycles. The summed E-state index contributed by atoms with van der Waals surface area (Å²) in [6, 6.07) is 9.48. The summed E-state index contributed by atoms with van der Waals surface area (Å²) in [4.78, 5) is 7.80. The number of H-pyrrole nitrogens is 1. The highest BCUT2D eigenvalue weighted by molar-refractivity contribution is 6.42. The monoisotopic (exact) mass is 306 g/mol. The molecule has 0 unspecified atom stereocenters. The van der Waals surface area contributed by atoms with Crippen molar-refractivity contribution in [2.24, 2.45) is 0 Å². The van der Waals surface area contributed by atoms with Gasteiger partial charge in [-0.1, -0.05) is 34.8 Å². The molecule has 0 bridgehead atoms. The first-order chi connectivity index (χ1) is 9.58. The Balaban J connectivity index is 2.22. The highest BCUT2D eigenvalue weighted by Gasteiger charge is 2.12. The Bertz CT molecular complexity index is 757. The van der Waals surface area contributed by atoms with Crippen molar-refractivity contribution in [1.29, 1.82) is 0 Å². The van der Waals surface area contributed by atoms with E-state index in [1.165, 1.54) is 0 Å². The Kier molecular flexibility index (Phi) is 3.32. The van der Waals surface area contributed by atoms with E-state index in [-0.39, 0.29) is 0 Å². The van der Waals surface area contributed by atoms with Crippen LogP contribution in [0.15, 0.2) is 30.3 Å². The van der Waals surface area contributed by atoms with Crippen molar-refractivity contribution in [2.75, 3.05) is 7.11 Å². The number of ether oxygens (including phenoxy) is 1. The molecule has 0 aliphatic heterocycles. The molecular formula is C15H12Cl2N2O. The number of benzene rings is 2. The topological polar surface area (TPSA) is 37.9 Å². The number of fused-ring (bicyclic) bond motifs is 1. The maximum absolute atomic E-state index is 6.02. The van der Waals surface area contributed by atoms with Gasteiger partial charge in [0.05, 0.1) is 33.8 Å². The van der Waals surface area contributed by atoms with E-state index >= 15 is 0 Å². The largest absolute Gasteiger partial charge is 0.496 e. The van der Waals surface area contributed by atoms with E-state index in [9.17, 15) is 0 Å². The molecule has 3 nitrogen and oxygen atoms in total. The third-order valence-electron chi connectivity index (χ3n) is 3.13. The fourth-order valence-corrected chi connectivity index (χ4v) is 2.46. The molecule has 0 radical (unpaired) electrons. The lowest BCUT2D eigenvalue weighted by Crippen LogP contribution is -1.90. The molecule has 0 saturated heterocycles. The highest BCUT2D eigenvalue weighted by atomic mass is 35.5. The number of rotatable bonds is 2. The average Bonchev–Trinajstić information content (AvgIpc) is 2.82. The number of aryl methyl sites for hydroxylation is 1. The van der Waals surface area contributed by atoms with Gasteiger partial charge in [0.2, 0.25) is 0 Å². The summed E-state index contributed by atoms with van der Waals surface area (Å²) < 4.78 is 5.39. The van der Waals surface area contributed by atoms with Gasteiger partial charge in [-0.2, -0.15) is 0 Å². The summed E-state index contributed by atoms with van der Waals surface area (Å²) in [5, 5.41) is 0.999. The number of nitrogens with zero attached hydrogens (tertiary/aromatic N) is 1. The molecule has 0 saturated carbocycles. The van der Waals surface area contributed by atoms with Gasteiger partial charge in [0.1, 0.15) is 11.6 Å². The maximum atomic E-state index is 6.02. The fourth-order valence-electron chi connectivity index (χ4n) is 2.14. The average molecular weight is 307 g/mol. The molecule has 0 amide bonds. The molecule has 5 heteroatoms. The molecular weight excluding hydrogens is 295 g/mol. The summed E-state index contributed by atoms with van der Waals surface area (Å²) in [7, 11) is 1.64. The number of hydrogen-bond donors (Lipinski definition) is 1. The quantitative estimate of drug-likeness (QED) is 0.734. The standard InChI is InChI=1S/C15H12Cl2N2O/c1-8-3-4-14(20-2)9(5-8)15-18-12-6-10(16)11(17)7-13(12)19-15/h3-7H,1-2H3,(H,18,19). The lowest BCUT2D eigenvalue weighted by atomic mass is 10.1. The van der Waals surface area contributed by atoms with E-state index in [1.807, 2.05) is 25.1 Å². The normalized spacial score (nSPS) is 11.0. The number of aromatic amines is 1. The number of nitrogens with one attached hydrogen (secondary N) is 1. The van der Waals surface area contributed by atoms with Crippen molar-refractivity contribution >= 4 is 34.2 Å². The van der Waals surface area contributed by atoms with Crippen LogP contribution in [0.3, 0.4) is 0 Å². The first-order valence-corrected chi connectivity index (χ1v) is 6.84. The van der Waals surface area contributed by atoms with Gasteiger partial charge < -0.3 is 9.72 Å². The molecule has 2 aromatic carbocycles. The summed E-state index contributed by atoms with van der Waals surface area (Å²) in [5.74, 6) is 1.51. The maximum Gasteiger partial charge on any atom is 0.142 e. The van der Waals surface area contributed by atoms with E-state index in [1.54, 1.807) is 19.2 Å². The molecule has 3 aromatic rings. The molecule has 1 aromatic heterocycles. The molecule has 1 heterocycles. The summed E-state index contributed by atoms with van der Waals surface area (Å²) >= 11 is 12.0. The van der Waals surface area contributed by atoms with Crippen molar-refractivity contribution in [1.82, 2.24) is 9.97 Å². The first kappa shape index (κ1) is 13.3. The Morgan fingerprint density at radius 3 is 2.60 bits per heavy atom. The summed E-state index contributed by atoms with van der Waals surface area (Å²) in [6.07, 6.45) is 0. The van der Waals surface area contributed by atoms with Crippen molar-refractivity contribution in [3.63, 3.8) is 0 Å². The zero-order valence-electron chi connectivity index (χ0n) is 11.0. The molecule has 3 rings (SSSR count). The number of methoxy groups -OCH3 is 1. The zero-order valence-corrected chi connectivity index (χ0v) is 12.5. The van der Waals surface area contributed by atoms with Gasteiger partial charge in [-0.15, -0.1) is 0 Å². The van der Waals surface area contributed by atoms with Crippen molar-refractivity contribution in [2.45, 2.75) is 6.92 Å². The van der Waals surface area contributed by atoms with Gasteiger partial charge in [-0.25, -0.2) is 4.98 Å². The minimum atomic E-state index is 0.494. The number of imidazole rings is 1. The minimum Gasteiger partial charge on any atom is -0.496 e. The second-order valence-electron chi connectivity index (χ2n) is 4.57. The summed E-state index contributed by atoms with van der Waals surface area (Å²) in [5.41, 5.74) is 3.67. The van der Waals surface area contributed by atoms with Crippen molar-refractivity contribution in [3.05, 3.63) is 45.9 Å². The number of aromatic nitrogens is 2. The first-order valence-electron chi connectivity index (χ1n) is 6.08. The van der Waals surface area contributed by atoms with Crippen LogP contribution < -0.4 is 4.74 Å². The van der Waals surface area contributed by atoms with Gasteiger partial charge in [-0.05, 0) is 31.2 Å². The van der Waals surface area contributed by atoms with Gasteiger partial charge in [-0.3, -0.25) is 0 Å². The predicted molar refractivity (Wildman–Crippen MR) is 82.8 cm³/mol. The van der Waals surface area contributed by atoms with E-state index in [4.69, 9.17) is 27.9 Å². The van der Waals surface area contributed by atoms with Crippen molar-refractivity contribution < 1.29 is 4.74 Å². The van der Waals surface area contributed by atoms with Gasteiger partial charge in [0.15, 0.2) is 0 Å². The Morgan fingerprint density at radius 1 is 1.10 bits per heavy atom. The van der Waals surface area contributed by atoms with Crippen molar-refractivity contribution in [3.8, 4) is 17.1 Å². The van der Waals surface area contributed by atoms with Gasteiger partial charge >= 0.3 is 0 Å². The van der Waals surface area contributed by atoms with Crippen LogP contribution in [0, 0.1) is 6.92 Å². The van der Waals surface area contributed by atoms with Gasteiger partial charge in [0.25, 0.3) is 0 Å². The Hall–Kier alpha value is -1.71. The van der Waals surface area contributed by atoms with Crippen LogP contribution >= 0.6 is 23.2 Å². The van der Waals surface area contributed by atoms with Crippen LogP contribution in [0.25, 0.3) is 22.4 Å². The van der Waals surface area contributed by atoms with E-state index in [0.717, 1.165) is 33.7 Å². The smallest absolute Gasteiger partial charge is 0.142 e. The molecule has 0 aliphatic rings. The fraction of sp³-hybridized carbons (Fsp3) is 0.133. The Morgan fingerprint density at radius 2 is 1.85 bits per heavy atom. The zero-order chi connectivity index (χ0) is 14.3. The van der Waals surface area contributed by atoms with Crippen LogP contribution in [0.5, 0.6) is 5.75 Å². The second kappa shape index (κ2) is 5.00. The minimum absolute atomic E-state index is 0.494. The van der Waals surface area contributed by atoms with Crippen LogP contribution in [0.2, 0.25) is 10.0 Å². The highest BCUT2D eigenvalue weighted by Crippen LogP contribution is 2.32. The van der Waals surface area contributed by atoms with E-state index in [2.05, 4.69) is 9.97 Å². The van der Waals surface area contributed by atoms with E-state index < -0.39 is 0 Å². The molecule has 102 valence electrons. The number of hydrogen-bond acceptors (Lipinski definition) is 2. The predicted octanol–water partition coefficient (Wildman–Crippen LogP) is 4.85. The molecule has 0 atom stereocenters. The molecule has 20 heavy (non-hydrogen) atoms. The Labute approximate surface area is 126 Å². The molecule has 0 spiro atoms. The lowest BCUT2D eigenvalue weighted by molar-refractivity contribution is 0.416. The molecule has 0 fully saturated rings. The SMILES string of the molecule is COc1ccc(C)cc1-c1nc2cc(Cl)c(Cl)cc2[nH]1. The number of halogens is 2. The lowest BCUT2D eigenvalue weighted by Gasteiger charge is -2.06. The van der Waals surface area contributed by atoms with Crippen LogP contribution in [-0.4, -0.2) is 17.1 Å². The summed E-state index contributed by atoms with van der Waals surface area (Å²) in [6.45, 7) is 2.03. The second-order valence-corrected chi connectivity index (χ2v) is 5.39.